The predicted molar refractivity (Wildman–Crippen MR) is 55.7 cm³/mol. The van der Waals surface area contributed by atoms with E-state index in [-0.39, 0.29) is 0 Å². The van der Waals surface area contributed by atoms with E-state index in [0.29, 0.717) is 5.65 Å². The molecule has 4 nitrogen and oxygen atoms in total. The molecule has 0 aromatic carbocycles. The Hall–Kier alpha value is -1.93. The van der Waals surface area contributed by atoms with Crippen LogP contribution in [0.4, 0.5) is 0 Å². The zero-order valence-electron chi connectivity index (χ0n) is 8.28. The Balaban J connectivity index is 0.000000171. The van der Waals surface area contributed by atoms with Crippen LogP contribution in [0.5, 0.6) is 0 Å². The smallest absolute Gasteiger partial charge is 0.180 e. The molecule has 1 N–H and O–H groups in total. The van der Waals surface area contributed by atoms with Gasteiger partial charge in [-0.05, 0) is 19.4 Å². The molecule has 2 aromatic heterocycles. The number of aromatic amines is 1. The lowest BCUT2D eigenvalue weighted by atomic mass is 10.4. The molecule has 0 aliphatic heterocycles. The summed E-state index contributed by atoms with van der Waals surface area (Å²) in [7, 11) is 0. The number of aromatic nitrogens is 4. The van der Waals surface area contributed by atoms with Gasteiger partial charge >= 0.3 is 0 Å². The number of rotatable bonds is 0. The van der Waals surface area contributed by atoms with Crippen molar-refractivity contribution in [3.8, 4) is 0 Å². The Labute approximate surface area is 82.4 Å². The molecule has 0 amide bonds. The lowest BCUT2D eigenvalue weighted by Crippen LogP contribution is -1.76. The van der Waals surface area contributed by atoms with E-state index in [2.05, 4.69) is 32.2 Å². The molecule has 4 heteroatoms. The van der Waals surface area contributed by atoms with Crippen LogP contribution in [0.2, 0.25) is 0 Å². The van der Waals surface area contributed by atoms with Gasteiger partial charge in [0.2, 0.25) is 0 Å². The summed E-state index contributed by atoms with van der Waals surface area (Å²) in [6, 6.07) is 0. The zero-order chi connectivity index (χ0) is 10.4. The number of hydrogen-bond donors (Lipinski definition) is 1. The fourth-order valence-corrected chi connectivity index (χ4v) is 0.691. The highest BCUT2D eigenvalue weighted by atomic mass is 15.0. The second kappa shape index (κ2) is 4.94. The average molecular weight is 188 g/mol. The summed E-state index contributed by atoms with van der Waals surface area (Å²) in [6.45, 7) is 7.33. The Morgan fingerprint density at radius 2 is 2.14 bits per heavy atom. The van der Waals surface area contributed by atoms with Crippen molar-refractivity contribution in [3.63, 3.8) is 0 Å². The van der Waals surface area contributed by atoms with Crippen LogP contribution in [0.25, 0.3) is 11.2 Å². The molecular weight excluding hydrogens is 176 g/mol. The first-order valence-electron chi connectivity index (χ1n) is 4.16. The Morgan fingerprint density at radius 3 is 2.71 bits per heavy atom. The summed E-state index contributed by atoms with van der Waals surface area (Å²) in [5.41, 5.74) is 5.42. The van der Waals surface area contributed by atoms with Crippen molar-refractivity contribution in [1.29, 1.82) is 0 Å². The molecule has 0 spiro atoms. The summed E-state index contributed by atoms with van der Waals surface area (Å²) < 4.78 is 0. The third kappa shape index (κ3) is 2.84. The molecule has 0 aliphatic carbocycles. The van der Waals surface area contributed by atoms with Gasteiger partial charge in [-0.25, -0.2) is 15.0 Å². The van der Waals surface area contributed by atoms with E-state index >= 15 is 0 Å². The molecule has 0 saturated heterocycles. The summed E-state index contributed by atoms with van der Waals surface area (Å²) in [5, 5.41) is 0. The average Bonchev–Trinajstić information content (AvgIpc) is 2.66. The fraction of sp³-hybridized carbons (Fsp3) is 0.200. The minimum atomic E-state index is 0.713. The van der Waals surface area contributed by atoms with E-state index in [4.69, 9.17) is 0 Å². The largest absolute Gasteiger partial charge is 0.342 e. The van der Waals surface area contributed by atoms with Crippen LogP contribution in [0.3, 0.4) is 0 Å². The zero-order valence-corrected chi connectivity index (χ0v) is 8.28. The van der Waals surface area contributed by atoms with Crippen molar-refractivity contribution in [2.45, 2.75) is 13.8 Å². The first kappa shape index (κ1) is 10.2. The number of H-pyrrole nitrogens is 1. The molecule has 2 rings (SSSR count). The molecule has 0 radical (unpaired) electrons. The number of nitrogens with zero attached hydrogens (tertiary/aromatic N) is 3. The topological polar surface area (TPSA) is 54.5 Å². The quantitative estimate of drug-likeness (QED) is 0.644. The third-order valence-electron chi connectivity index (χ3n) is 1.45. The SMILES string of the molecule is C=C=C(C)C.c1ncc2[nH]cnc2n1. The molecule has 0 saturated carbocycles. The van der Waals surface area contributed by atoms with Crippen molar-refractivity contribution in [3.05, 3.63) is 36.7 Å². The molecule has 2 aromatic rings. The number of fused-ring (bicyclic) bond motifs is 1. The Kier molecular flexibility index (Phi) is 3.58. The van der Waals surface area contributed by atoms with E-state index in [9.17, 15) is 0 Å². The number of nitrogens with one attached hydrogen (secondary N) is 1. The van der Waals surface area contributed by atoms with Crippen molar-refractivity contribution >= 4 is 11.2 Å². The highest BCUT2D eigenvalue weighted by Crippen LogP contribution is 1.99. The van der Waals surface area contributed by atoms with Gasteiger partial charge in [0.1, 0.15) is 11.8 Å². The number of imidazole rings is 1. The maximum atomic E-state index is 3.91. The van der Waals surface area contributed by atoms with Crippen LogP contribution in [0, 0.1) is 0 Å². The van der Waals surface area contributed by atoms with Crippen molar-refractivity contribution in [1.82, 2.24) is 19.9 Å². The van der Waals surface area contributed by atoms with Gasteiger partial charge < -0.3 is 4.98 Å². The first-order chi connectivity index (χ1) is 6.74. The van der Waals surface area contributed by atoms with E-state index in [1.807, 2.05) is 13.8 Å². The fourth-order valence-electron chi connectivity index (χ4n) is 0.691. The molecule has 0 fully saturated rings. The maximum Gasteiger partial charge on any atom is 0.180 e. The van der Waals surface area contributed by atoms with Gasteiger partial charge in [-0.2, -0.15) is 0 Å². The van der Waals surface area contributed by atoms with Crippen LogP contribution in [0.1, 0.15) is 13.8 Å². The van der Waals surface area contributed by atoms with Crippen LogP contribution in [-0.2, 0) is 0 Å². The Morgan fingerprint density at radius 1 is 1.43 bits per heavy atom. The second-order valence-corrected chi connectivity index (χ2v) is 2.84. The van der Waals surface area contributed by atoms with Gasteiger partial charge in [0, 0.05) is 0 Å². The van der Waals surface area contributed by atoms with Crippen molar-refractivity contribution in [2.75, 3.05) is 0 Å². The molecule has 2 heterocycles. The third-order valence-corrected chi connectivity index (χ3v) is 1.45. The van der Waals surface area contributed by atoms with Gasteiger partial charge in [-0.3, -0.25) is 0 Å². The van der Waals surface area contributed by atoms with E-state index in [0.717, 1.165) is 11.1 Å². The number of allylic oxidation sites excluding steroid dienone is 1. The molecule has 72 valence electrons. The highest BCUT2D eigenvalue weighted by Gasteiger charge is 1.91. The molecule has 14 heavy (non-hydrogen) atoms. The van der Waals surface area contributed by atoms with Crippen molar-refractivity contribution in [2.24, 2.45) is 0 Å². The van der Waals surface area contributed by atoms with Gasteiger partial charge in [-0.1, -0.05) is 6.58 Å². The van der Waals surface area contributed by atoms with Gasteiger partial charge in [0.25, 0.3) is 0 Å². The summed E-state index contributed by atoms with van der Waals surface area (Å²) in [5.74, 6) is 0. The standard InChI is InChI=1S/C5H4N4.C5H8/c1-4-5(8-2-6-1)9-3-7-4;1-4-5(2)3/h1-3H,(H,6,7,8,9);1H2,2-3H3. The molecule has 0 atom stereocenters. The predicted octanol–water partition coefficient (Wildman–Crippen LogP) is 2.09. The summed E-state index contributed by atoms with van der Waals surface area (Å²) in [4.78, 5) is 14.5. The lowest BCUT2D eigenvalue weighted by Gasteiger charge is -1.80. The van der Waals surface area contributed by atoms with Crippen LogP contribution < -0.4 is 0 Å². The highest BCUT2D eigenvalue weighted by molar-refractivity contribution is 5.67. The molecule has 0 bridgehead atoms. The molecule has 0 unspecified atom stereocenters. The van der Waals surface area contributed by atoms with Crippen LogP contribution >= 0.6 is 0 Å². The van der Waals surface area contributed by atoms with Crippen molar-refractivity contribution < 1.29 is 0 Å². The van der Waals surface area contributed by atoms with E-state index in [1.54, 1.807) is 12.5 Å². The van der Waals surface area contributed by atoms with E-state index < -0.39 is 0 Å². The maximum absolute atomic E-state index is 3.91. The van der Waals surface area contributed by atoms with Crippen LogP contribution in [0.15, 0.2) is 36.7 Å². The lowest BCUT2D eigenvalue weighted by molar-refractivity contribution is 1.20. The van der Waals surface area contributed by atoms with E-state index in [1.165, 1.54) is 6.33 Å². The van der Waals surface area contributed by atoms with Gasteiger partial charge in [0.15, 0.2) is 5.65 Å². The van der Waals surface area contributed by atoms with Gasteiger partial charge in [-0.15, -0.1) is 5.73 Å². The second-order valence-electron chi connectivity index (χ2n) is 2.84. The minimum Gasteiger partial charge on any atom is -0.342 e. The molecule has 0 aliphatic rings. The number of hydrogen-bond acceptors (Lipinski definition) is 3. The Bertz CT molecular complexity index is 418. The summed E-state index contributed by atoms with van der Waals surface area (Å²) >= 11 is 0. The van der Waals surface area contributed by atoms with Crippen LogP contribution in [-0.4, -0.2) is 19.9 Å². The normalized spacial score (nSPS) is 8.71. The molecular formula is C10H12N4. The summed E-state index contributed by atoms with van der Waals surface area (Å²) in [6.07, 6.45) is 4.76. The minimum absolute atomic E-state index is 0.713. The van der Waals surface area contributed by atoms with Gasteiger partial charge in [0.05, 0.1) is 12.5 Å². The first-order valence-corrected chi connectivity index (χ1v) is 4.16. The monoisotopic (exact) mass is 188 g/mol.